The highest BCUT2D eigenvalue weighted by atomic mass is 79.9. The summed E-state index contributed by atoms with van der Waals surface area (Å²) in [5.41, 5.74) is -1.19. The van der Waals surface area contributed by atoms with Crippen LogP contribution in [0.5, 0.6) is 11.6 Å². The van der Waals surface area contributed by atoms with Crippen molar-refractivity contribution in [2.75, 3.05) is 0 Å². The lowest BCUT2D eigenvalue weighted by Crippen LogP contribution is -2.09. The Kier molecular flexibility index (Phi) is 3.98. The number of nitrogens with one attached hydrogen (secondary N) is 1. The Balaban J connectivity index is 2.53. The number of aromatic amines is 1. The fraction of sp³-hybridized carbons (Fsp3) is 0. The molecule has 1 aromatic carbocycles. The van der Waals surface area contributed by atoms with E-state index < -0.39 is 22.1 Å². The van der Waals surface area contributed by atoms with Crippen LogP contribution in [0.25, 0.3) is 0 Å². The van der Waals surface area contributed by atoms with Gasteiger partial charge in [-0.05, 0) is 22.0 Å². The molecule has 0 unspecified atom stereocenters. The third-order valence-electron chi connectivity index (χ3n) is 2.37. The number of nitrogens with zero attached hydrogens (tertiary/aromatic N) is 2. The molecule has 108 valence electrons. The molecule has 0 aliphatic rings. The number of nitro benzene ring substituents is 1. The van der Waals surface area contributed by atoms with E-state index in [-0.39, 0.29) is 21.7 Å². The Morgan fingerprint density at radius 1 is 1.48 bits per heavy atom. The van der Waals surface area contributed by atoms with Crippen LogP contribution in [0, 0.1) is 10.1 Å². The molecule has 0 radical (unpaired) electrons. The number of halogens is 1. The number of aromatic carboxylic acids is 1. The van der Waals surface area contributed by atoms with E-state index >= 15 is 0 Å². The molecule has 10 heteroatoms. The summed E-state index contributed by atoms with van der Waals surface area (Å²) in [4.78, 5) is 38.5. The van der Waals surface area contributed by atoms with Crippen LogP contribution in [0.4, 0.5) is 5.69 Å². The molecule has 1 heterocycles. The van der Waals surface area contributed by atoms with Gasteiger partial charge in [0.05, 0.1) is 16.8 Å². The van der Waals surface area contributed by atoms with Crippen LogP contribution in [0.3, 0.4) is 0 Å². The van der Waals surface area contributed by atoms with E-state index in [1.807, 2.05) is 0 Å². The first-order valence-corrected chi connectivity index (χ1v) is 6.12. The molecule has 2 rings (SSSR count). The molecular formula is C11H6BrN3O6. The maximum absolute atomic E-state index is 11.4. The molecule has 0 saturated heterocycles. The molecule has 9 nitrogen and oxygen atoms in total. The van der Waals surface area contributed by atoms with Crippen molar-refractivity contribution in [1.29, 1.82) is 0 Å². The summed E-state index contributed by atoms with van der Waals surface area (Å²) in [7, 11) is 0. The van der Waals surface area contributed by atoms with E-state index in [0.717, 1.165) is 24.5 Å². The van der Waals surface area contributed by atoms with Crippen LogP contribution < -0.4 is 10.3 Å². The maximum Gasteiger partial charge on any atom is 0.335 e. The minimum atomic E-state index is -1.27. The van der Waals surface area contributed by atoms with Gasteiger partial charge >= 0.3 is 11.7 Å². The average Bonchev–Trinajstić information content (AvgIpc) is 2.43. The van der Waals surface area contributed by atoms with E-state index in [1.165, 1.54) is 0 Å². The van der Waals surface area contributed by atoms with Crippen LogP contribution in [0.15, 0.2) is 33.8 Å². The number of benzene rings is 1. The minimum absolute atomic E-state index is 0.0694. The molecule has 0 bridgehead atoms. The monoisotopic (exact) mass is 355 g/mol. The number of hydrogen-bond donors (Lipinski definition) is 2. The zero-order valence-corrected chi connectivity index (χ0v) is 11.7. The van der Waals surface area contributed by atoms with Crippen molar-refractivity contribution in [3.05, 3.63) is 55.0 Å². The molecule has 2 aromatic rings. The number of aromatic nitrogens is 2. The predicted octanol–water partition coefficient (Wildman–Crippen LogP) is 1.93. The predicted molar refractivity (Wildman–Crippen MR) is 72.7 cm³/mol. The Bertz CT molecular complexity index is 788. The second-order valence-corrected chi connectivity index (χ2v) is 4.49. The molecular weight excluding hydrogens is 350 g/mol. The Labute approximate surface area is 124 Å². The normalized spacial score (nSPS) is 10.1. The smallest absolute Gasteiger partial charge is 0.335 e. The van der Waals surface area contributed by atoms with E-state index in [4.69, 9.17) is 9.84 Å². The highest BCUT2D eigenvalue weighted by molar-refractivity contribution is 9.10. The quantitative estimate of drug-likeness (QED) is 0.631. The highest BCUT2D eigenvalue weighted by Crippen LogP contribution is 2.33. The summed E-state index contributed by atoms with van der Waals surface area (Å²) in [5, 5.41) is 19.8. The summed E-state index contributed by atoms with van der Waals surface area (Å²) in [6.45, 7) is 0. The zero-order valence-electron chi connectivity index (χ0n) is 10.1. The highest BCUT2D eigenvalue weighted by Gasteiger charge is 2.20. The second kappa shape index (κ2) is 5.71. The number of hydrogen-bond acceptors (Lipinski definition) is 6. The number of carbonyl (C=O) groups is 1. The van der Waals surface area contributed by atoms with Crippen LogP contribution >= 0.6 is 15.9 Å². The average molecular weight is 356 g/mol. The third kappa shape index (κ3) is 3.05. The van der Waals surface area contributed by atoms with Crippen molar-refractivity contribution >= 4 is 27.6 Å². The van der Waals surface area contributed by atoms with E-state index in [9.17, 15) is 19.7 Å². The van der Waals surface area contributed by atoms with E-state index in [1.54, 1.807) is 0 Å². The lowest BCUT2D eigenvalue weighted by Gasteiger charge is -2.07. The Hall–Kier alpha value is -2.75. The van der Waals surface area contributed by atoms with Gasteiger partial charge in [-0.15, -0.1) is 0 Å². The van der Waals surface area contributed by atoms with Gasteiger partial charge in [0.15, 0.2) is 0 Å². The van der Waals surface area contributed by atoms with Crippen LogP contribution in [0.2, 0.25) is 0 Å². The number of rotatable bonds is 4. The van der Waals surface area contributed by atoms with Crippen molar-refractivity contribution in [3.63, 3.8) is 0 Å². The lowest BCUT2D eigenvalue weighted by molar-refractivity contribution is -0.385. The molecule has 0 spiro atoms. The number of carboxylic acids is 1. The Morgan fingerprint density at radius 2 is 2.19 bits per heavy atom. The number of nitro groups is 1. The van der Waals surface area contributed by atoms with Gasteiger partial charge in [0.2, 0.25) is 11.6 Å². The first-order chi connectivity index (χ1) is 9.90. The largest absolute Gasteiger partial charge is 0.478 e. The molecule has 0 amide bonds. The van der Waals surface area contributed by atoms with Crippen LogP contribution in [-0.4, -0.2) is 26.0 Å². The number of H-pyrrole nitrogens is 1. The summed E-state index contributed by atoms with van der Waals surface area (Å²) in [5.74, 6) is -1.82. The molecule has 2 N–H and O–H groups in total. The van der Waals surface area contributed by atoms with Crippen molar-refractivity contribution in [2.24, 2.45) is 0 Å². The SMILES string of the molecule is O=C(O)c1ccc([N+](=O)[O-])c(Oc2nc[nH]c(=O)c2Br)c1. The van der Waals surface area contributed by atoms with Gasteiger partial charge in [-0.25, -0.2) is 9.78 Å². The van der Waals surface area contributed by atoms with Gasteiger partial charge in [0, 0.05) is 12.1 Å². The summed E-state index contributed by atoms with van der Waals surface area (Å²) < 4.78 is 5.12. The standard InChI is InChI=1S/C11H6BrN3O6/c12-8-9(16)13-4-14-10(8)21-7-3-5(11(17)18)1-2-6(7)15(19)20/h1-4H,(H,17,18)(H,13,14,16). The lowest BCUT2D eigenvalue weighted by atomic mass is 10.2. The van der Waals surface area contributed by atoms with Gasteiger partial charge in [0.25, 0.3) is 5.56 Å². The molecule has 21 heavy (non-hydrogen) atoms. The number of carboxylic acid groups (broad SMARTS) is 1. The molecule has 0 aliphatic heterocycles. The maximum atomic E-state index is 11.4. The molecule has 0 saturated carbocycles. The molecule has 0 aliphatic carbocycles. The first kappa shape index (κ1) is 14.7. The molecule has 0 atom stereocenters. The van der Waals surface area contributed by atoms with E-state index in [2.05, 4.69) is 25.9 Å². The number of ether oxygens (including phenoxy) is 1. The van der Waals surface area contributed by atoms with Gasteiger partial charge in [0.1, 0.15) is 4.47 Å². The second-order valence-electron chi connectivity index (χ2n) is 3.70. The van der Waals surface area contributed by atoms with Gasteiger partial charge in [-0.2, -0.15) is 0 Å². The zero-order chi connectivity index (χ0) is 15.6. The molecule has 1 aromatic heterocycles. The van der Waals surface area contributed by atoms with Crippen LogP contribution in [-0.2, 0) is 0 Å². The van der Waals surface area contributed by atoms with Crippen molar-refractivity contribution in [1.82, 2.24) is 9.97 Å². The van der Waals surface area contributed by atoms with Crippen molar-refractivity contribution in [3.8, 4) is 11.6 Å². The van der Waals surface area contributed by atoms with E-state index in [0.29, 0.717) is 0 Å². The fourth-order valence-corrected chi connectivity index (χ4v) is 1.72. The van der Waals surface area contributed by atoms with Gasteiger partial charge < -0.3 is 14.8 Å². The summed E-state index contributed by atoms with van der Waals surface area (Å²) in [6.07, 6.45) is 1.05. The Morgan fingerprint density at radius 3 is 2.81 bits per heavy atom. The fourth-order valence-electron chi connectivity index (χ4n) is 1.42. The third-order valence-corrected chi connectivity index (χ3v) is 3.07. The summed E-state index contributed by atoms with van der Waals surface area (Å²) >= 11 is 2.93. The molecule has 0 fully saturated rings. The summed E-state index contributed by atoms with van der Waals surface area (Å²) in [6, 6.07) is 3.06. The van der Waals surface area contributed by atoms with Crippen molar-refractivity contribution < 1.29 is 19.6 Å². The topological polar surface area (TPSA) is 135 Å². The van der Waals surface area contributed by atoms with Crippen LogP contribution in [0.1, 0.15) is 10.4 Å². The van der Waals surface area contributed by atoms with Crippen molar-refractivity contribution in [2.45, 2.75) is 0 Å². The minimum Gasteiger partial charge on any atom is -0.478 e. The first-order valence-electron chi connectivity index (χ1n) is 5.33. The van der Waals surface area contributed by atoms with Gasteiger partial charge in [-0.3, -0.25) is 14.9 Å². The van der Waals surface area contributed by atoms with Gasteiger partial charge in [-0.1, -0.05) is 0 Å².